The van der Waals surface area contributed by atoms with Gasteiger partial charge in [-0.25, -0.2) is 5.43 Å². The lowest BCUT2D eigenvalue weighted by molar-refractivity contribution is -0.123. The summed E-state index contributed by atoms with van der Waals surface area (Å²) >= 11 is 0. The van der Waals surface area contributed by atoms with Crippen molar-refractivity contribution in [3.05, 3.63) is 71.8 Å². The average Bonchev–Trinajstić information content (AvgIpc) is 2.52. The lowest BCUT2D eigenvalue weighted by atomic mass is 10.1. The topological polar surface area (TPSA) is 67.1 Å². The third kappa shape index (κ3) is 4.19. The molecule has 2 aromatic carbocycles. The molecule has 0 aromatic heterocycles. The van der Waals surface area contributed by atoms with Gasteiger partial charge in [0.15, 0.2) is 0 Å². The number of nitrogens with one attached hydrogen (secondary N) is 2. The molecule has 0 aliphatic carbocycles. The van der Waals surface area contributed by atoms with Crippen LogP contribution in [0.25, 0.3) is 0 Å². The number of amides is 1. The minimum Gasteiger partial charge on any atom is -0.351 e. The summed E-state index contributed by atoms with van der Waals surface area (Å²) in [5, 5.41) is 2.89. The highest BCUT2D eigenvalue weighted by molar-refractivity contribution is 5.81. The van der Waals surface area contributed by atoms with Crippen LogP contribution in [0.5, 0.6) is 0 Å². The molecule has 1 amide bonds. The van der Waals surface area contributed by atoms with Crippen molar-refractivity contribution in [2.24, 2.45) is 5.84 Å². The smallest absolute Gasteiger partial charge is 0.239 e. The monoisotopic (exact) mass is 269 g/mol. The van der Waals surface area contributed by atoms with Crippen molar-refractivity contribution in [3.8, 4) is 0 Å². The number of rotatable bonds is 6. The van der Waals surface area contributed by atoms with Gasteiger partial charge in [-0.1, -0.05) is 60.7 Å². The van der Waals surface area contributed by atoms with Gasteiger partial charge in [0, 0.05) is 6.54 Å². The van der Waals surface area contributed by atoms with Gasteiger partial charge in [-0.2, -0.15) is 0 Å². The normalized spacial score (nSPS) is 11.8. The molecule has 4 nitrogen and oxygen atoms in total. The Labute approximate surface area is 119 Å². The Bertz CT molecular complexity index is 528. The molecule has 4 N–H and O–H groups in total. The fourth-order valence-electron chi connectivity index (χ4n) is 1.99. The maximum Gasteiger partial charge on any atom is 0.239 e. The Morgan fingerprint density at radius 2 is 1.50 bits per heavy atom. The van der Waals surface area contributed by atoms with E-state index in [4.69, 9.17) is 5.84 Å². The molecule has 0 heterocycles. The zero-order valence-corrected chi connectivity index (χ0v) is 11.3. The molecular weight excluding hydrogens is 250 g/mol. The molecule has 20 heavy (non-hydrogen) atoms. The van der Waals surface area contributed by atoms with Crippen molar-refractivity contribution in [1.29, 1.82) is 0 Å². The standard InChI is InChI=1S/C16H19N3O/c17-19-15(11-13-7-3-1-4-8-13)16(20)18-12-14-9-5-2-6-10-14/h1-10,15,19H,11-12,17H2,(H,18,20)/t15-/m0/s1. The van der Waals surface area contributed by atoms with Gasteiger partial charge in [0.1, 0.15) is 6.04 Å². The van der Waals surface area contributed by atoms with E-state index in [2.05, 4.69) is 10.7 Å². The summed E-state index contributed by atoms with van der Waals surface area (Å²) in [6.07, 6.45) is 0.567. The summed E-state index contributed by atoms with van der Waals surface area (Å²) in [5.74, 6) is 5.38. The zero-order valence-electron chi connectivity index (χ0n) is 11.3. The van der Waals surface area contributed by atoms with Crippen molar-refractivity contribution in [2.45, 2.75) is 19.0 Å². The van der Waals surface area contributed by atoms with Crippen LogP contribution in [-0.2, 0) is 17.8 Å². The molecule has 0 saturated heterocycles. The molecule has 0 fully saturated rings. The van der Waals surface area contributed by atoms with Crippen LogP contribution in [0.2, 0.25) is 0 Å². The lowest BCUT2D eigenvalue weighted by Crippen LogP contribution is -2.48. The Kier molecular flexibility index (Phi) is 5.29. The van der Waals surface area contributed by atoms with E-state index in [0.29, 0.717) is 13.0 Å². The van der Waals surface area contributed by atoms with Gasteiger partial charge in [-0.05, 0) is 17.5 Å². The molecule has 0 aliphatic rings. The summed E-state index contributed by atoms with van der Waals surface area (Å²) in [7, 11) is 0. The van der Waals surface area contributed by atoms with Crippen LogP contribution >= 0.6 is 0 Å². The number of benzene rings is 2. The third-order valence-corrected chi connectivity index (χ3v) is 3.11. The highest BCUT2D eigenvalue weighted by Crippen LogP contribution is 2.03. The van der Waals surface area contributed by atoms with E-state index in [1.54, 1.807) is 0 Å². The van der Waals surface area contributed by atoms with Gasteiger partial charge in [0.25, 0.3) is 0 Å². The summed E-state index contributed by atoms with van der Waals surface area (Å²) in [4.78, 5) is 12.1. The molecule has 104 valence electrons. The van der Waals surface area contributed by atoms with Gasteiger partial charge < -0.3 is 5.32 Å². The summed E-state index contributed by atoms with van der Waals surface area (Å²) < 4.78 is 0. The van der Waals surface area contributed by atoms with Crippen LogP contribution in [0.1, 0.15) is 11.1 Å². The van der Waals surface area contributed by atoms with Gasteiger partial charge in [0.2, 0.25) is 5.91 Å². The third-order valence-electron chi connectivity index (χ3n) is 3.11. The van der Waals surface area contributed by atoms with E-state index in [-0.39, 0.29) is 5.91 Å². The van der Waals surface area contributed by atoms with E-state index < -0.39 is 6.04 Å². The van der Waals surface area contributed by atoms with Crippen molar-refractivity contribution in [3.63, 3.8) is 0 Å². The molecular formula is C16H19N3O. The maximum absolute atomic E-state index is 12.1. The molecule has 0 unspecified atom stereocenters. The zero-order chi connectivity index (χ0) is 14.2. The molecule has 4 heteroatoms. The minimum atomic E-state index is -0.430. The van der Waals surface area contributed by atoms with E-state index >= 15 is 0 Å². The Morgan fingerprint density at radius 3 is 2.05 bits per heavy atom. The minimum absolute atomic E-state index is 0.0970. The number of hydrazine groups is 1. The molecule has 1 atom stereocenters. The van der Waals surface area contributed by atoms with Crippen molar-refractivity contribution in [1.82, 2.24) is 10.7 Å². The Morgan fingerprint density at radius 1 is 0.950 bits per heavy atom. The SMILES string of the molecule is NN[C@@H](Cc1ccccc1)C(=O)NCc1ccccc1. The van der Waals surface area contributed by atoms with Crippen LogP contribution in [0.3, 0.4) is 0 Å². The largest absolute Gasteiger partial charge is 0.351 e. The van der Waals surface area contributed by atoms with E-state index in [9.17, 15) is 4.79 Å². The molecule has 2 rings (SSSR count). The molecule has 0 radical (unpaired) electrons. The lowest BCUT2D eigenvalue weighted by Gasteiger charge is -2.16. The fraction of sp³-hybridized carbons (Fsp3) is 0.188. The molecule has 0 bridgehead atoms. The van der Waals surface area contributed by atoms with E-state index in [1.807, 2.05) is 60.7 Å². The predicted molar refractivity (Wildman–Crippen MR) is 79.5 cm³/mol. The summed E-state index contributed by atoms with van der Waals surface area (Å²) in [5.41, 5.74) is 4.71. The second-order valence-corrected chi connectivity index (χ2v) is 4.61. The van der Waals surface area contributed by atoms with Gasteiger partial charge in [-0.3, -0.25) is 10.6 Å². The number of carbonyl (C=O) groups excluding carboxylic acids is 1. The number of hydrogen-bond donors (Lipinski definition) is 3. The molecule has 0 spiro atoms. The van der Waals surface area contributed by atoms with Crippen molar-refractivity contribution in [2.75, 3.05) is 0 Å². The Hall–Kier alpha value is -2.17. The van der Waals surface area contributed by atoms with E-state index in [0.717, 1.165) is 11.1 Å². The number of hydrogen-bond acceptors (Lipinski definition) is 3. The maximum atomic E-state index is 12.1. The number of carbonyl (C=O) groups is 1. The van der Waals surface area contributed by atoms with Crippen molar-refractivity contribution >= 4 is 5.91 Å². The average molecular weight is 269 g/mol. The fourth-order valence-corrected chi connectivity index (χ4v) is 1.99. The molecule has 0 aliphatic heterocycles. The molecule has 2 aromatic rings. The van der Waals surface area contributed by atoms with E-state index in [1.165, 1.54) is 0 Å². The van der Waals surface area contributed by atoms with Crippen LogP contribution in [0.15, 0.2) is 60.7 Å². The van der Waals surface area contributed by atoms with Gasteiger partial charge in [0.05, 0.1) is 0 Å². The molecule has 0 saturated carbocycles. The quantitative estimate of drug-likeness (QED) is 0.548. The van der Waals surface area contributed by atoms with Gasteiger partial charge >= 0.3 is 0 Å². The first-order valence-corrected chi connectivity index (χ1v) is 6.61. The summed E-state index contributed by atoms with van der Waals surface area (Å²) in [6.45, 7) is 0.507. The second-order valence-electron chi connectivity index (χ2n) is 4.61. The second kappa shape index (κ2) is 7.43. The van der Waals surface area contributed by atoms with Gasteiger partial charge in [-0.15, -0.1) is 0 Å². The van der Waals surface area contributed by atoms with Crippen molar-refractivity contribution < 1.29 is 4.79 Å². The highest BCUT2D eigenvalue weighted by atomic mass is 16.2. The predicted octanol–water partition coefficient (Wildman–Crippen LogP) is 1.38. The first kappa shape index (κ1) is 14.2. The van der Waals surface area contributed by atoms with Crippen LogP contribution < -0.4 is 16.6 Å². The first-order valence-electron chi connectivity index (χ1n) is 6.61. The Balaban J connectivity index is 1.89. The van der Waals surface area contributed by atoms with Crippen LogP contribution in [0, 0.1) is 0 Å². The first-order chi connectivity index (χ1) is 9.79. The highest BCUT2D eigenvalue weighted by Gasteiger charge is 2.16. The van der Waals surface area contributed by atoms with Crippen LogP contribution in [-0.4, -0.2) is 11.9 Å². The summed E-state index contributed by atoms with van der Waals surface area (Å²) in [6, 6.07) is 19.2. The number of nitrogens with two attached hydrogens (primary N) is 1. The van der Waals surface area contributed by atoms with Crippen LogP contribution in [0.4, 0.5) is 0 Å².